The summed E-state index contributed by atoms with van der Waals surface area (Å²) in [6.45, 7) is 0. The Morgan fingerprint density at radius 2 is 1.38 bits per heavy atom. The number of nitrogens with zero attached hydrogens (tertiary/aromatic N) is 7. The minimum Gasteiger partial charge on any atom is -0.507 e. The Morgan fingerprint density at radius 3 is 1.92 bits per heavy atom. The number of nitrogens with one attached hydrogen (secondary N) is 1. The monoisotopic (exact) mass is 631 g/mol. The van der Waals surface area contributed by atoms with E-state index < -0.39 is 0 Å². The summed E-state index contributed by atoms with van der Waals surface area (Å²) in [5.41, 5.74) is 1.27. The molecule has 0 unspecified atom stereocenters. The highest BCUT2D eigenvalue weighted by Crippen LogP contribution is 2.26. The molecule has 0 spiro atoms. The van der Waals surface area contributed by atoms with Gasteiger partial charge in [0, 0.05) is 70.2 Å². The lowest BCUT2D eigenvalue weighted by molar-refractivity contribution is 0.476. The second kappa shape index (κ2) is 12.6. The largest absolute Gasteiger partial charge is 0.507 e. The van der Waals surface area contributed by atoms with Crippen LogP contribution in [0.15, 0.2) is 110 Å². The van der Waals surface area contributed by atoms with Crippen molar-refractivity contribution in [1.29, 1.82) is 0 Å². The first-order valence-electron chi connectivity index (χ1n) is 29.9. The number of aromatic hydroxyl groups is 2. The number of phenolic OH excluding ortho intramolecular Hbond substituents is 2. The lowest BCUT2D eigenvalue weighted by Crippen LogP contribution is -1.97. The third kappa shape index (κ3) is 6.96. The van der Waals surface area contributed by atoms with E-state index in [4.69, 9.17) is 68.0 Å². The maximum atomic E-state index is 9.74. The van der Waals surface area contributed by atoms with Crippen LogP contribution in [0.4, 0.5) is 0 Å². The van der Waals surface area contributed by atoms with Crippen LogP contribution in [-0.4, -0.2) is 50.1 Å². The van der Waals surface area contributed by atoms with Crippen molar-refractivity contribution in [3.8, 4) is 40.1 Å². The summed E-state index contributed by atoms with van der Waals surface area (Å²) < 4.78 is 192. The summed E-state index contributed by atoms with van der Waals surface area (Å²) in [5, 5.41) is 30.3. The molecule has 0 saturated carbocycles. The van der Waals surface area contributed by atoms with Gasteiger partial charge in [-0.3, -0.25) is 5.10 Å². The van der Waals surface area contributed by atoms with Crippen molar-refractivity contribution >= 4 is 11.6 Å². The molecule has 0 radical (unpaired) electrons. The van der Waals surface area contributed by atoms with Gasteiger partial charge in [0.2, 0.25) is 0 Å². The quantitative estimate of drug-likeness (QED) is 0.164. The average molecular weight is 632 g/mol. The first kappa shape index (κ1) is 10.5. The van der Waals surface area contributed by atoms with Gasteiger partial charge < -0.3 is 10.2 Å². The zero-order chi connectivity index (χ0) is 63.9. The number of aromatic amines is 1. The van der Waals surface area contributed by atoms with Crippen molar-refractivity contribution in [3.63, 3.8) is 0 Å². The van der Waals surface area contributed by atoms with E-state index >= 15 is 0 Å². The Bertz CT molecular complexity index is 1590. The van der Waals surface area contributed by atoms with Gasteiger partial charge >= 0.3 is 0 Å². The first-order valence-corrected chi connectivity index (χ1v) is 11.3. The van der Waals surface area contributed by atoms with E-state index in [1.54, 1.807) is 65.9 Å². The van der Waals surface area contributed by atoms with Crippen LogP contribution in [0.25, 0.3) is 28.6 Å². The molecule has 10 nitrogen and oxygen atoms in total. The predicted octanol–water partition coefficient (Wildman–Crippen LogP) is 9.87. The molecule has 0 aliphatic carbocycles. The average Bonchev–Trinajstić information content (AvgIpc) is 4.30. The Balaban J connectivity index is -0.0000000356. The zero-order valence-corrected chi connectivity index (χ0v) is 20.1. The first-order chi connectivity index (χ1) is 37.1. The number of rotatable bonds is 3. The normalized spacial score (nSPS) is 14.1. The van der Waals surface area contributed by atoms with E-state index in [1.165, 1.54) is 6.33 Å². The van der Waals surface area contributed by atoms with Gasteiger partial charge in [-0.2, -0.15) is 5.10 Å². The van der Waals surface area contributed by atoms with Gasteiger partial charge in [-0.1, -0.05) is 48.0 Å². The van der Waals surface area contributed by atoms with E-state index in [2.05, 4.69) is 35.2 Å². The van der Waals surface area contributed by atoms with Crippen LogP contribution in [0.3, 0.4) is 0 Å². The highest BCUT2D eigenvalue weighted by molar-refractivity contribution is 6.29. The van der Waals surface area contributed by atoms with Crippen molar-refractivity contribution in [2.75, 3.05) is 0 Å². The molecule has 4 heterocycles. The van der Waals surface area contributed by atoms with Crippen LogP contribution in [0, 0.1) is 0 Å². The van der Waals surface area contributed by atoms with E-state index in [1.807, 2.05) is 42.5 Å². The number of hydrogen-bond donors (Lipinski definition) is 3. The van der Waals surface area contributed by atoms with Crippen molar-refractivity contribution in [1.82, 2.24) is 39.9 Å². The molecule has 0 bridgehead atoms. The highest BCUT2D eigenvalue weighted by atomic mass is 35.5. The maximum absolute atomic E-state index is 9.74. The number of H-pyrrole nitrogens is 1. The zero-order valence-electron chi connectivity index (χ0n) is 57.3. The lowest BCUT2D eigenvalue weighted by Gasteiger charge is -1.99. The molecular weight excluding hydrogens is 492 g/mol. The molecule has 6 aromatic rings. The Hall–Kier alpha value is -5.09. The highest BCUT2D eigenvalue weighted by Gasteiger charge is 2.09. The van der Waals surface area contributed by atoms with Gasteiger partial charge in [0.1, 0.15) is 29.3 Å². The smallest absolute Gasteiger partial charge is 0.185 e. The molecule has 6 rings (SSSR count). The van der Waals surface area contributed by atoms with E-state index in [-0.39, 0.29) is 12.9 Å². The molecule has 11 heteroatoms. The predicted molar refractivity (Wildman–Crippen MR) is 181 cm³/mol. The molecule has 0 aliphatic rings. The molecule has 0 atom stereocenters. The Kier molecular flexibility index (Phi) is 3.56. The van der Waals surface area contributed by atoms with Crippen LogP contribution >= 0.6 is 11.6 Å². The second-order valence-electron chi connectivity index (χ2n) is 7.22. The van der Waals surface area contributed by atoms with Crippen LogP contribution in [0.5, 0.6) is 11.5 Å². The number of hydrogen-bond acceptors (Lipinski definition) is 8. The van der Waals surface area contributed by atoms with E-state index in [9.17, 15) is 10.2 Å². The number of halogens is 1. The third-order valence-electron chi connectivity index (χ3n) is 4.72. The molecule has 4 aromatic heterocycles. The molecule has 0 saturated heterocycles. The van der Waals surface area contributed by atoms with Crippen molar-refractivity contribution in [2.24, 2.45) is 0 Å². The SMILES string of the molecule is Clc1ccccn1.Oc1ccccc1-c1ncn(-c2ccccn2)n1.Oc1ccccc1-c1ncn[nH]1.[3HH].[3H][3H].[3H][3H].[3H][3H].[3H][3H].[3H][3H].[3H][3H].[3H][3H].[3H][3H].[3H][3H].[3H][3H].[3H][3H].[3H][3H].[3H][3H].[3H][3H].[3H][3H].[3H][3H].[3H][3H].[3H][3H].[3H][3H]. The van der Waals surface area contributed by atoms with Crippen LogP contribution in [-0.2, 0) is 0 Å². The van der Waals surface area contributed by atoms with Crippen LogP contribution < -0.4 is 0 Å². The van der Waals surface area contributed by atoms with Gasteiger partial charge in [-0.15, -0.1) is 5.10 Å². The third-order valence-corrected chi connectivity index (χ3v) is 4.95. The maximum Gasteiger partial charge on any atom is 0.185 e. The Morgan fingerprint density at radius 1 is 0.730 bits per heavy atom. The molecule has 2 aromatic carbocycles. The molecule has 0 aliphatic heterocycles. The summed E-state index contributed by atoms with van der Waals surface area (Å²) >= 11 is 5.43. The number of benzene rings is 2. The lowest BCUT2D eigenvalue weighted by atomic mass is 10.2. The molecular formula is C26H61ClN8O2. The van der Waals surface area contributed by atoms with Gasteiger partial charge in [-0.05, 0) is 48.5 Å². The number of aromatic nitrogens is 8. The fourth-order valence-electron chi connectivity index (χ4n) is 3.00. The fraction of sp³-hybridized carbons (Fsp3) is 0. The standard InChI is InChI=1S/C13H10N4O.C8H7N3O.C5H4ClN.20H2/c18-11-6-2-1-5-10(11)13-15-9-17(16-13)12-7-3-4-8-14-12;12-7-4-2-1-3-6(7)8-9-5-10-11-8;6-5-3-1-2-4-7-5;;;;;;;;;;;;;;;;;;;;/h1-9,18H;1-5,12H,(H,9,10,11);1-4H;20*1H/i;;;19*1+2T;1+2. The second-order valence-corrected chi connectivity index (χ2v) is 7.61. The van der Waals surface area contributed by atoms with Crippen LogP contribution in [0.2, 0.25) is 5.15 Å². The topological polar surface area (TPSA) is 139 Å². The van der Waals surface area contributed by atoms with Crippen LogP contribution in [0.1, 0.15) is 57.8 Å². The minimum atomic E-state index is 0. The summed E-state index contributed by atoms with van der Waals surface area (Å²) in [4.78, 5) is 16.0. The van der Waals surface area contributed by atoms with E-state index in [0.717, 1.165) is 0 Å². The van der Waals surface area contributed by atoms with Gasteiger partial charge in [0.15, 0.2) is 17.5 Å². The van der Waals surface area contributed by atoms with Gasteiger partial charge in [-0.25, -0.2) is 24.6 Å². The number of pyridine rings is 2. The number of phenols is 2. The van der Waals surface area contributed by atoms with Crippen molar-refractivity contribution < 1.29 is 68.1 Å². The van der Waals surface area contributed by atoms with E-state index in [0.29, 0.717) is 33.7 Å². The number of para-hydroxylation sites is 2. The molecule has 3 N–H and O–H groups in total. The van der Waals surface area contributed by atoms with Crippen molar-refractivity contribution in [2.45, 2.75) is 0 Å². The molecule has 0 amide bonds. The molecule has 224 valence electrons. The van der Waals surface area contributed by atoms with Gasteiger partial charge in [0.25, 0.3) is 0 Å². The Labute approximate surface area is 277 Å². The summed E-state index contributed by atoms with van der Waals surface area (Å²) in [5.74, 6) is 2.10. The molecule has 0 fully saturated rings. The fourth-order valence-corrected chi connectivity index (χ4v) is 3.13. The summed E-state index contributed by atoms with van der Waals surface area (Å²) in [7, 11) is 0. The minimum absolute atomic E-state index is 0. The summed E-state index contributed by atoms with van der Waals surface area (Å²) in [6, 6.07) is 24.9. The van der Waals surface area contributed by atoms with Crippen molar-refractivity contribution in [3.05, 3.63) is 115 Å². The van der Waals surface area contributed by atoms with Gasteiger partial charge in [0.05, 0.1) is 11.1 Å². The molecule has 37 heavy (non-hydrogen) atoms. The summed E-state index contributed by atoms with van der Waals surface area (Å²) in [6.07, 6.45) is 6.32.